The van der Waals surface area contributed by atoms with Crippen molar-refractivity contribution in [1.82, 2.24) is 0 Å². The lowest BCUT2D eigenvalue weighted by Gasteiger charge is -2.14. The van der Waals surface area contributed by atoms with E-state index >= 15 is 0 Å². The predicted octanol–water partition coefficient (Wildman–Crippen LogP) is 4.43. The Hall–Kier alpha value is -0.640. The molecule has 0 radical (unpaired) electrons. The summed E-state index contributed by atoms with van der Waals surface area (Å²) in [5, 5.41) is 0. The third-order valence-electron chi connectivity index (χ3n) is 3.36. The van der Waals surface area contributed by atoms with Crippen LogP contribution in [0.25, 0.3) is 0 Å². The SMILES string of the molecule is CCc1ccc(CC(CN)Cc2ccccc2Br)s1. The number of halogens is 1. The smallest absolute Gasteiger partial charge is 0.0207 e. The van der Waals surface area contributed by atoms with Gasteiger partial charge >= 0.3 is 0 Å². The lowest BCUT2D eigenvalue weighted by molar-refractivity contribution is 0.536. The third kappa shape index (κ3) is 4.16. The first-order valence-corrected chi connectivity index (χ1v) is 8.35. The Labute approximate surface area is 128 Å². The summed E-state index contributed by atoms with van der Waals surface area (Å²) in [6.07, 6.45) is 3.25. The highest BCUT2D eigenvalue weighted by molar-refractivity contribution is 9.10. The maximum absolute atomic E-state index is 5.95. The van der Waals surface area contributed by atoms with E-state index in [0.717, 1.165) is 25.8 Å². The normalized spacial score (nSPS) is 12.6. The first-order valence-electron chi connectivity index (χ1n) is 6.74. The number of nitrogens with two attached hydrogens (primary N) is 1. The molecule has 19 heavy (non-hydrogen) atoms. The summed E-state index contributed by atoms with van der Waals surface area (Å²) in [5.74, 6) is 0.516. The van der Waals surface area contributed by atoms with Crippen molar-refractivity contribution in [2.75, 3.05) is 6.54 Å². The molecule has 1 atom stereocenters. The van der Waals surface area contributed by atoms with Crippen molar-refractivity contribution < 1.29 is 0 Å². The molecule has 1 heterocycles. The second-order valence-electron chi connectivity index (χ2n) is 4.82. The molecular weight excluding hydrogens is 318 g/mol. The van der Waals surface area contributed by atoms with Gasteiger partial charge in [-0.05, 0) is 55.5 Å². The molecule has 3 heteroatoms. The molecule has 0 aliphatic carbocycles. The van der Waals surface area contributed by atoms with Crippen molar-refractivity contribution in [1.29, 1.82) is 0 Å². The van der Waals surface area contributed by atoms with Crippen molar-refractivity contribution in [3.05, 3.63) is 56.2 Å². The fourth-order valence-electron chi connectivity index (χ4n) is 2.22. The van der Waals surface area contributed by atoms with E-state index in [4.69, 9.17) is 5.73 Å². The summed E-state index contributed by atoms with van der Waals surface area (Å²) in [4.78, 5) is 2.92. The average molecular weight is 338 g/mol. The van der Waals surface area contributed by atoms with Crippen LogP contribution in [0.5, 0.6) is 0 Å². The number of rotatable bonds is 6. The highest BCUT2D eigenvalue weighted by atomic mass is 79.9. The zero-order chi connectivity index (χ0) is 13.7. The molecule has 1 aromatic heterocycles. The van der Waals surface area contributed by atoms with Gasteiger partial charge in [0.25, 0.3) is 0 Å². The zero-order valence-electron chi connectivity index (χ0n) is 11.2. The molecule has 1 unspecified atom stereocenters. The third-order valence-corrected chi connectivity index (χ3v) is 5.38. The number of hydrogen-bond acceptors (Lipinski definition) is 2. The summed E-state index contributed by atoms with van der Waals surface area (Å²) in [7, 11) is 0. The van der Waals surface area contributed by atoms with Crippen LogP contribution < -0.4 is 5.73 Å². The maximum Gasteiger partial charge on any atom is 0.0207 e. The van der Waals surface area contributed by atoms with Gasteiger partial charge in [-0.3, -0.25) is 0 Å². The molecule has 2 rings (SSSR count). The molecule has 0 saturated heterocycles. The number of benzene rings is 1. The minimum Gasteiger partial charge on any atom is -0.330 e. The van der Waals surface area contributed by atoms with Crippen molar-refractivity contribution in [2.45, 2.75) is 26.2 Å². The molecule has 2 N–H and O–H groups in total. The first-order chi connectivity index (χ1) is 9.22. The van der Waals surface area contributed by atoms with Gasteiger partial charge in [-0.15, -0.1) is 11.3 Å². The van der Waals surface area contributed by atoms with Crippen LogP contribution in [0.3, 0.4) is 0 Å². The minimum atomic E-state index is 0.516. The Morgan fingerprint density at radius 2 is 1.84 bits per heavy atom. The van der Waals surface area contributed by atoms with Crippen molar-refractivity contribution in [3.8, 4) is 0 Å². The molecule has 1 nitrogen and oxygen atoms in total. The molecule has 0 aliphatic rings. The molecular formula is C16H20BrNS. The van der Waals surface area contributed by atoms with E-state index in [-0.39, 0.29) is 0 Å². The molecule has 102 valence electrons. The molecule has 1 aromatic carbocycles. The van der Waals surface area contributed by atoms with Crippen molar-refractivity contribution >= 4 is 27.3 Å². The van der Waals surface area contributed by atoms with Gasteiger partial charge in [0.15, 0.2) is 0 Å². The Kier molecular flexibility index (Phi) is 5.61. The van der Waals surface area contributed by atoms with E-state index in [2.05, 4.69) is 59.3 Å². The number of thiophene rings is 1. The van der Waals surface area contributed by atoms with Crippen LogP contribution in [0.1, 0.15) is 22.2 Å². The molecule has 0 saturated carbocycles. The van der Waals surface area contributed by atoms with Gasteiger partial charge in [-0.25, -0.2) is 0 Å². The summed E-state index contributed by atoms with van der Waals surface area (Å²) >= 11 is 5.54. The van der Waals surface area contributed by atoms with Gasteiger partial charge < -0.3 is 5.73 Å². The fraction of sp³-hybridized carbons (Fsp3) is 0.375. The van der Waals surface area contributed by atoms with Crippen LogP contribution in [0.2, 0.25) is 0 Å². The van der Waals surface area contributed by atoms with Gasteiger partial charge in [0.05, 0.1) is 0 Å². The topological polar surface area (TPSA) is 26.0 Å². The summed E-state index contributed by atoms with van der Waals surface area (Å²) in [6.45, 7) is 2.94. The number of aryl methyl sites for hydroxylation is 1. The van der Waals surface area contributed by atoms with Crippen LogP contribution >= 0.6 is 27.3 Å². The Balaban J connectivity index is 2.02. The maximum atomic E-state index is 5.95. The molecule has 0 bridgehead atoms. The zero-order valence-corrected chi connectivity index (χ0v) is 13.6. The fourth-order valence-corrected chi connectivity index (χ4v) is 3.74. The quantitative estimate of drug-likeness (QED) is 0.828. The highest BCUT2D eigenvalue weighted by Crippen LogP contribution is 2.24. The van der Waals surface area contributed by atoms with Gasteiger partial charge in [0, 0.05) is 14.2 Å². The lowest BCUT2D eigenvalue weighted by atomic mass is 9.95. The van der Waals surface area contributed by atoms with E-state index in [1.165, 1.54) is 19.8 Å². The Morgan fingerprint density at radius 1 is 1.11 bits per heavy atom. The van der Waals surface area contributed by atoms with Crippen LogP contribution in [-0.4, -0.2) is 6.54 Å². The van der Waals surface area contributed by atoms with E-state index < -0.39 is 0 Å². The minimum absolute atomic E-state index is 0.516. The van der Waals surface area contributed by atoms with Gasteiger partial charge in [0.1, 0.15) is 0 Å². The molecule has 0 fully saturated rings. The average Bonchev–Trinajstić information content (AvgIpc) is 2.88. The summed E-state index contributed by atoms with van der Waals surface area (Å²) in [6, 6.07) is 12.9. The van der Waals surface area contributed by atoms with Gasteiger partial charge in [-0.1, -0.05) is 41.1 Å². The van der Waals surface area contributed by atoms with Crippen LogP contribution in [-0.2, 0) is 19.3 Å². The lowest BCUT2D eigenvalue weighted by Crippen LogP contribution is -2.19. The highest BCUT2D eigenvalue weighted by Gasteiger charge is 2.12. The first kappa shape index (κ1) is 14.8. The second kappa shape index (κ2) is 7.22. The largest absolute Gasteiger partial charge is 0.330 e. The molecule has 0 spiro atoms. The monoisotopic (exact) mass is 337 g/mol. The van der Waals surface area contributed by atoms with Gasteiger partial charge in [-0.2, -0.15) is 0 Å². The van der Waals surface area contributed by atoms with Gasteiger partial charge in [0.2, 0.25) is 0 Å². The van der Waals surface area contributed by atoms with E-state index in [1.54, 1.807) is 0 Å². The standard InChI is InChI=1S/C16H20BrNS/c1-2-14-7-8-15(19-14)10-12(11-18)9-13-5-3-4-6-16(13)17/h3-8,12H,2,9-11,18H2,1H3. The number of hydrogen-bond donors (Lipinski definition) is 1. The van der Waals surface area contributed by atoms with E-state index in [1.807, 2.05) is 11.3 Å². The van der Waals surface area contributed by atoms with Crippen LogP contribution in [0.4, 0.5) is 0 Å². The van der Waals surface area contributed by atoms with Crippen molar-refractivity contribution in [2.24, 2.45) is 11.7 Å². The Morgan fingerprint density at radius 3 is 2.47 bits per heavy atom. The molecule has 2 aromatic rings. The van der Waals surface area contributed by atoms with E-state index in [9.17, 15) is 0 Å². The second-order valence-corrected chi connectivity index (χ2v) is 6.93. The molecule has 0 amide bonds. The Bertz CT molecular complexity index is 521. The van der Waals surface area contributed by atoms with Crippen molar-refractivity contribution in [3.63, 3.8) is 0 Å². The van der Waals surface area contributed by atoms with Crippen LogP contribution in [0.15, 0.2) is 40.9 Å². The van der Waals surface area contributed by atoms with Crippen LogP contribution in [0, 0.1) is 5.92 Å². The molecule has 0 aliphatic heterocycles. The predicted molar refractivity (Wildman–Crippen MR) is 87.8 cm³/mol. The van der Waals surface area contributed by atoms with E-state index in [0.29, 0.717) is 5.92 Å². The summed E-state index contributed by atoms with van der Waals surface area (Å²) in [5.41, 5.74) is 7.30. The summed E-state index contributed by atoms with van der Waals surface area (Å²) < 4.78 is 1.19.